The minimum Gasteiger partial charge on any atom is -0.302 e. The van der Waals surface area contributed by atoms with E-state index >= 15 is 0 Å². The number of alkyl halides is 1. The number of hydrogen-bond acceptors (Lipinski definition) is 4. The van der Waals surface area contributed by atoms with Gasteiger partial charge in [0.1, 0.15) is 12.5 Å². The monoisotopic (exact) mass is 448 g/mol. The topological polar surface area (TPSA) is 31.2 Å². The number of amidine groups is 1. The van der Waals surface area contributed by atoms with E-state index in [1.165, 1.54) is 23.3 Å². The first-order valence-electron chi connectivity index (χ1n) is 12.4. The van der Waals surface area contributed by atoms with E-state index in [4.69, 9.17) is 4.99 Å². The Labute approximate surface area is 198 Å². The molecule has 33 heavy (non-hydrogen) atoms. The minimum absolute atomic E-state index is 0.253. The van der Waals surface area contributed by atoms with Crippen molar-refractivity contribution in [3.05, 3.63) is 70.8 Å². The maximum atomic E-state index is 12.7. The van der Waals surface area contributed by atoms with Gasteiger partial charge in [0.05, 0.1) is 11.4 Å². The van der Waals surface area contributed by atoms with Crippen LogP contribution in [0.4, 0.5) is 4.39 Å². The van der Waals surface area contributed by atoms with Crippen LogP contribution in [0.1, 0.15) is 52.4 Å². The minimum atomic E-state index is -0.253. The molecule has 0 bridgehead atoms. The van der Waals surface area contributed by atoms with Crippen LogP contribution in [0, 0.1) is 5.92 Å². The molecule has 0 radical (unpaired) electrons. The van der Waals surface area contributed by atoms with Gasteiger partial charge in [-0.15, -0.1) is 0 Å². The molecule has 4 rings (SSSR count). The molecule has 0 spiro atoms. The Bertz CT molecular complexity index is 991. The molecule has 4 aliphatic rings. The average molecular weight is 449 g/mol. The lowest BCUT2D eigenvalue weighted by Crippen LogP contribution is -2.37. The Morgan fingerprint density at radius 3 is 2.64 bits per heavy atom. The van der Waals surface area contributed by atoms with Crippen LogP contribution in [0.2, 0.25) is 0 Å². The summed E-state index contributed by atoms with van der Waals surface area (Å²) >= 11 is 0. The summed E-state index contributed by atoms with van der Waals surface area (Å²) in [5.41, 5.74) is 8.22. The number of piperidine rings is 1. The van der Waals surface area contributed by atoms with Crippen molar-refractivity contribution >= 4 is 11.5 Å². The lowest BCUT2D eigenvalue weighted by atomic mass is 9.86. The van der Waals surface area contributed by atoms with Gasteiger partial charge in [-0.1, -0.05) is 25.2 Å². The van der Waals surface area contributed by atoms with Gasteiger partial charge in [-0.2, -0.15) is 0 Å². The quantitative estimate of drug-likeness (QED) is 0.346. The highest BCUT2D eigenvalue weighted by atomic mass is 19.1. The number of nitrogens with zero attached hydrogens (tertiary/aromatic N) is 4. The Morgan fingerprint density at radius 1 is 1.27 bits per heavy atom. The van der Waals surface area contributed by atoms with Crippen molar-refractivity contribution in [2.45, 2.75) is 52.4 Å². The molecule has 3 aliphatic heterocycles. The highest BCUT2D eigenvalue weighted by Crippen LogP contribution is 2.37. The fraction of sp³-hybridized carbons (Fsp3) is 0.500. The van der Waals surface area contributed by atoms with Crippen LogP contribution >= 0.6 is 0 Å². The van der Waals surface area contributed by atoms with E-state index in [1.807, 2.05) is 7.05 Å². The predicted octanol–water partition coefficient (Wildman–Crippen LogP) is 6.14. The molecule has 3 heterocycles. The first-order valence-corrected chi connectivity index (χ1v) is 12.4. The molecule has 5 heteroatoms. The van der Waals surface area contributed by atoms with Crippen LogP contribution in [-0.2, 0) is 0 Å². The van der Waals surface area contributed by atoms with Gasteiger partial charge in [-0.05, 0) is 99.4 Å². The third kappa shape index (κ3) is 5.19. The summed E-state index contributed by atoms with van der Waals surface area (Å²) in [5, 5.41) is 0. The maximum absolute atomic E-state index is 12.7. The number of allylic oxidation sites excluding steroid dienone is 7. The third-order valence-corrected chi connectivity index (χ3v) is 7.34. The Balaban J connectivity index is 1.60. The van der Waals surface area contributed by atoms with Gasteiger partial charge < -0.3 is 9.80 Å². The molecule has 176 valence electrons. The molecule has 1 saturated heterocycles. The molecule has 2 fully saturated rings. The van der Waals surface area contributed by atoms with Gasteiger partial charge in [-0.25, -0.2) is 9.38 Å². The Hall–Kier alpha value is -2.53. The van der Waals surface area contributed by atoms with Crippen LogP contribution in [0.3, 0.4) is 0 Å². The molecule has 0 aromatic rings. The SMILES string of the molecule is C=C(CC)/C(C)=C/C(=NC)C1=CC(=C2CCC2)N2C=C(C3CCN(CCF)CC3)C=CC2=N1. The molecule has 0 N–H and O–H groups in total. The lowest BCUT2D eigenvalue weighted by molar-refractivity contribution is 0.186. The van der Waals surface area contributed by atoms with Gasteiger partial charge in [0, 0.05) is 25.5 Å². The first kappa shape index (κ1) is 23.6. The average Bonchev–Trinajstić information content (AvgIpc) is 2.81. The van der Waals surface area contributed by atoms with Gasteiger partial charge >= 0.3 is 0 Å². The van der Waals surface area contributed by atoms with E-state index in [9.17, 15) is 4.39 Å². The van der Waals surface area contributed by atoms with Gasteiger partial charge in [0.25, 0.3) is 0 Å². The zero-order chi connectivity index (χ0) is 23.4. The van der Waals surface area contributed by atoms with E-state index < -0.39 is 0 Å². The van der Waals surface area contributed by atoms with Crippen molar-refractivity contribution in [2.75, 3.05) is 33.4 Å². The normalized spacial score (nSPS) is 22.5. The third-order valence-electron chi connectivity index (χ3n) is 7.34. The second-order valence-electron chi connectivity index (χ2n) is 9.37. The second kappa shape index (κ2) is 10.6. The van der Waals surface area contributed by atoms with Gasteiger partial charge in [-0.3, -0.25) is 4.99 Å². The predicted molar refractivity (Wildman–Crippen MR) is 137 cm³/mol. The van der Waals surface area contributed by atoms with E-state index in [0.29, 0.717) is 12.5 Å². The second-order valence-corrected chi connectivity index (χ2v) is 9.37. The van der Waals surface area contributed by atoms with E-state index in [1.54, 1.807) is 0 Å². The van der Waals surface area contributed by atoms with Crippen LogP contribution in [0.15, 0.2) is 80.8 Å². The number of rotatable bonds is 7. The van der Waals surface area contributed by atoms with E-state index in [0.717, 1.165) is 73.6 Å². The summed E-state index contributed by atoms with van der Waals surface area (Å²) < 4.78 is 12.7. The van der Waals surface area contributed by atoms with Crippen molar-refractivity contribution in [1.82, 2.24) is 9.80 Å². The summed E-state index contributed by atoms with van der Waals surface area (Å²) in [6.07, 6.45) is 17.7. The summed E-state index contributed by atoms with van der Waals surface area (Å²) in [6.45, 7) is 10.7. The van der Waals surface area contributed by atoms with Crippen molar-refractivity contribution in [3.63, 3.8) is 0 Å². The van der Waals surface area contributed by atoms with Gasteiger partial charge in [0.15, 0.2) is 0 Å². The van der Waals surface area contributed by atoms with Crippen LogP contribution in [0.5, 0.6) is 0 Å². The van der Waals surface area contributed by atoms with Crippen molar-refractivity contribution < 1.29 is 4.39 Å². The standard InChI is InChI=1S/C28H37FN4/c1-5-20(2)21(3)17-25(30-4)26-18-27(23-7-6-8-23)33-19-24(9-10-28(33)31-26)22-11-14-32(15-12-22)16-13-29/h9-10,17-19,22H,2,5-8,11-16H2,1,3-4H3/b21-17+,30-25?. The summed E-state index contributed by atoms with van der Waals surface area (Å²) in [7, 11) is 1.83. The van der Waals surface area contributed by atoms with Crippen LogP contribution in [0.25, 0.3) is 0 Å². The van der Waals surface area contributed by atoms with E-state index in [2.05, 4.69) is 65.7 Å². The molecule has 0 unspecified atom stereocenters. The maximum Gasteiger partial charge on any atom is 0.137 e. The molecule has 1 saturated carbocycles. The Morgan fingerprint density at radius 2 is 2.03 bits per heavy atom. The first-order chi connectivity index (χ1) is 16.0. The molecular formula is C28H37FN4. The highest BCUT2D eigenvalue weighted by Gasteiger charge is 2.29. The lowest BCUT2D eigenvalue weighted by Gasteiger charge is -2.37. The molecule has 4 nitrogen and oxygen atoms in total. The summed E-state index contributed by atoms with van der Waals surface area (Å²) in [5.74, 6) is 1.48. The fourth-order valence-corrected chi connectivity index (χ4v) is 4.85. The molecule has 0 amide bonds. The summed E-state index contributed by atoms with van der Waals surface area (Å²) in [4.78, 5) is 14.1. The Kier molecular flexibility index (Phi) is 7.59. The largest absolute Gasteiger partial charge is 0.302 e. The smallest absolute Gasteiger partial charge is 0.137 e. The number of likely N-dealkylation sites (tertiary alicyclic amines) is 1. The number of hydrogen-bond donors (Lipinski definition) is 0. The zero-order valence-corrected chi connectivity index (χ0v) is 20.4. The number of halogens is 1. The molecule has 0 aromatic carbocycles. The summed E-state index contributed by atoms with van der Waals surface area (Å²) in [6, 6.07) is 0. The van der Waals surface area contributed by atoms with Crippen LogP contribution in [-0.4, -0.2) is 54.7 Å². The van der Waals surface area contributed by atoms with Gasteiger partial charge in [0.2, 0.25) is 0 Å². The molecule has 0 atom stereocenters. The zero-order valence-electron chi connectivity index (χ0n) is 20.4. The fourth-order valence-electron chi connectivity index (χ4n) is 4.85. The van der Waals surface area contributed by atoms with E-state index in [-0.39, 0.29) is 6.67 Å². The number of aliphatic imine (C=N–C) groups is 2. The molecule has 0 aromatic heterocycles. The molecular weight excluding hydrogens is 411 g/mol. The number of fused-ring (bicyclic) bond motifs is 1. The van der Waals surface area contributed by atoms with Crippen molar-refractivity contribution in [3.8, 4) is 0 Å². The highest BCUT2D eigenvalue weighted by molar-refractivity contribution is 6.12. The van der Waals surface area contributed by atoms with Crippen LogP contribution < -0.4 is 0 Å². The van der Waals surface area contributed by atoms with Crippen molar-refractivity contribution in [2.24, 2.45) is 15.9 Å². The van der Waals surface area contributed by atoms with Crippen molar-refractivity contribution in [1.29, 1.82) is 0 Å². The molecule has 1 aliphatic carbocycles.